The molecule has 1 aromatic heterocycles. The number of para-hydroxylation sites is 1. The monoisotopic (exact) mass is 645 g/mol. The minimum Gasteiger partial charge on any atom is -0.436 e. The highest BCUT2D eigenvalue weighted by Gasteiger charge is 2.28. The van der Waals surface area contributed by atoms with Gasteiger partial charge >= 0.3 is 20.2 Å². The van der Waals surface area contributed by atoms with E-state index in [1.807, 2.05) is 5.83 Å². The number of H-pyrrole nitrogens is 1. The van der Waals surface area contributed by atoms with E-state index in [9.17, 15) is 23.9 Å². The van der Waals surface area contributed by atoms with Gasteiger partial charge in [0.05, 0.1) is 6.61 Å². The molecule has 0 aliphatic rings. The van der Waals surface area contributed by atoms with Crippen molar-refractivity contribution in [1.29, 1.82) is 0 Å². The van der Waals surface area contributed by atoms with Gasteiger partial charge in [-0.15, -0.1) is 0 Å². The number of hydrogen-bond acceptors (Lipinski definition) is 9. The summed E-state index contributed by atoms with van der Waals surface area (Å²) >= 11 is 5.55. The molecule has 1 heterocycles. The van der Waals surface area contributed by atoms with Crippen LogP contribution < -0.4 is 20.9 Å². The summed E-state index contributed by atoms with van der Waals surface area (Å²) in [5.74, 6) is 1.62. The number of aromatic amines is 1. The summed E-state index contributed by atoms with van der Waals surface area (Å²) in [6.45, 7) is 1.51. The number of carbonyl (C=O) groups excluding carboxylic acids is 1. The SMILES string of the molecule is CBr.CC(NP(OCC(OC(C)n1ccc(=O)[nH]c1=O)C(O)CF)Oc1ccccc1)C(=O)OBr. The fraction of sp³-hybridized carbons (Fsp3) is 0.450. The van der Waals surface area contributed by atoms with E-state index in [1.165, 1.54) is 20.0 Å². The van der Waals surface area contributed by atoms with Gasteiger partial charge in [-0.1, -0.05) is 34.1 Å². The van der Waals surface area contributed by atoms with Crippen LogP contribution in [-0.4, -0.2) is 58.0 Å². The average Bonchev–Trinajstić information content (AvgIpc) is 2.86. The van der Waals surface area contributed by atoms with Crippen molar-refractivity contribution in [2.45, 2.75) is 38.3 Å². The topological polar surface area (TPSA) is 141 Å². The molecule has 1 aromatic carbocycles. The van der Waals surface area contributed by atoms with Gasteiger partial charge in [-0.05, 0) is 31.8 Å². The van der Waals surface area contributed by atoms with Gasteiger partial charge in [0.2, 0.25) is 0 Å². The number of rotatable bonds is 13. The molecule has 2 rings (SSSR count). The molecular formula is C20H27Br2FN3O8P. The van der Waals surface area contributed by atoms with E-state index in [0.29, 0.717) is 5.75 Å². The Hall–Kier alpha value is -1.67. The lowest BCUT2D eigenvalue weighted by molar-refractivity contribution is -0.133. The largest absolute Gasteiger partial charge is 0.436 e. The minimum atomic E-state index is -1.97. The van der Waals surface area contributed by atoms with Crippen molar-refractivity contribution in [3.63, 3.8) is 0 Å². The number of aliphatic hydroxyl groups excluding tert-OH is 1. The fourth-order valence-corrected chi connectivity index (χ4v) is 3.94. The number of alkyl halides is 2. The zero-order chi connectivity index (χ0) is 26.4. The second-order valence-electron chi connectivity index (χ2n) is 6.72. The molecule has 5 atom stereocenters. The highest BCUT2D eigenvalue weighted by Crippen LogP contribution is 2.36. The number of carbonyl (C=O) groups is 1. The third-order valence-electron chi connectivity index (χ3n) is 4.22. The third kappa shape index (κ3) is 10.9. The Kier molecular flexibility index (Phi) is 15.1. The lowest BCUT2D eigenvalue weighted by Crippen LogP contribution is -2.40. The Morgan fingerprint density at radius 1 is 1.23 bits per heavy atom. The van der Waals surface area contributed by atoms with Gasteiger partial charge in [0, 0.05) is 12.3 Å². The molecule has 2 aromatic rings. The molecule has 5 unspecified atom stereocenters. The highest BCUT2D eigenvalue weighted by molar-refractivity contribution is 9.09. The van der Waals surface area contributed by atoms with Crippen molar-refractivity contribution >= 4 is 46.7 Å². The maximum absolute atomic E-state index is 13.2. The van der Waals surface area contributed by atoms with E-state index in [2.05, 4.69) is 46.1 Å². The van der Waals surface area contributed by atoms with Gasteiger partial charge < -0.3 is 22.7 Å². The molecule has 0 fully saturated rings. The molecule has 0 saturated carbocycles. The average molecular weight is 647 g/mol. The summed E-state index contributed by atoms with van der Waals surface area (Å²) in [6, 6.07) is 8.90. The van der Waals surface area contributed by atoms with Crippen LogP contribution in [0.15, 0.2) is 52.2 Å². The number of ether oxygens (including phenoxy) is 1. The summed E-state index contributed by atoms with van der Waals surface area (Å²) in [4.78, 5) is 37.1. The second kappa shape index (κ2) is 16.9. The van der Waals surface area contributed by atoms with E-state index in [1.54, 1.807) is 30.3 Å². The Labute approximate surface area is 219 Å². The van der Waals surface area contributed by atoms with Gasteiger partial charge in [-0.25, -0.2) is 19.1 Å². The molecule has 0 amide bonds. The predicted octanol–water partition coefficient (Wildman–Crippen LogP) is 2.94. The zero-order valence-corrected chi connectivity index (χ0v) is 23.2. The van der Waals surface area contributed by atoms with E-state index in [-0.39, 0.29) is 6.61 Å². The number of halogens is 3. The Balaban J connectivity index is 0.00000298. The molecule has 0 aliphatic carbocycles. The number of aliphatic hydroxyl groups is 1. The van der Waals surface area contributed by atoms with Crippen LogP contribution in [0.4, 0.5) is 4.39 Å². The lowest BCUT2D eigenvalue weighted by atomic mass is 10.2. The van der Waals surface area contributed by atoms with Gasteiger partial charge in [0.1, 0.15) is 36.9 Å². The number of nitrogens with zero attached hydrogens (tertiary/aromatic N) is 1. The smallest absolute Gasteiger partial charge is 0.334 e. The van der Waals surface area contributed by atoms with Crippen LogP contribution in [0, 0.1) is 0 Å². The molecule has 11 nitrogen and oxygen atoms in total. The summed E-state index contributed by atoms with van der Waals surface area (Å²) in [5.41, 5.74) is -1.32. The molecule has 0 spiro atoms. The van der Waals surface area contributed by atoms with Crippen LogP contribution >= 0.6 is 40.7 Å². The number of benzene rings is 1. The zero-order valence-electron chi connectivity index (χ0n) is 19.1. The Bertz CT molecular complexity index is 1000. The molecular weight excluding hydrogens is 620 g/mol. The molecule has 0 radical (unpaired) electrons. The standard InChI is InChI=1S/C19H24BrFN3O8P.CH3Br/c1-12(18(27)31-20)23-33(32-14-6-4-3-5-7-14)29-11-16(15(25)10-21)30-13(2)24-9-8-17(26)22-19(24)28;1-2/h3-9,12-13,15-16,23,25H,10-11H2,1-2H3,(H,22,26,28);1H3. The van der Waals surface area contributed by atoms with E-state index < -0.39 is 56.9 Å². The summed E-state index contributed by atoms with van der Waals surface area (Å²) in [7, 11) is -1.97. The summed E-state index contributed by atoms with van der Waals surface area (Å²) in [5, 5.41) is 12.9. The first-order valence-electron chi connectivity index (χ1n) is 10.1. The molecule has 15 heteroatoms. The number of aromatic nitrogens is 2. The first-order valence-corrected chi connectivity index (χ1v) is 13.5. The molecule has 0 aliphatic heterocycles. The Morgan fingerprint density at radius 3 is 2.46 bits per heavy atom. The first-order chi connectivity index (χ1) is 16.7. The van der Waals surface area contributed by atoms with Crippen LogP contribution in [0.1, 0.15) is 20.1 Å². The Morgan fingerprint density at radius 2 is 1.89 bits per heavy atom. The van der Waals surface area contributed by atoms with Crippen molar-refractivity contribution < 1.29 is 31.9 Å². The molecule has 3 N–H and O–H groups in total. The van der Waals surface area contributed by atoms with Crippen LogP contribution in [0.5, 0.6) is 5.75 Å². The fourth-order valence-electron chi connectivity index (χ4n) is 2.46. The van der Waals surface area contributed by atoms with Crippen molar-refractivity contribution in [2.24, 2.45) is 0 Å². The third-order valence-corrected chi connectivity index (χ3v) is 5.90. The van der Waals surface area contributed by atoms with Crippen molar-refractivity contribution in [2.75, 3.05) is 19.1 Å². The maximum atomic E-state index is 13.2. The van der Waals surface area contributed by atoms with Crippen LogP contribution in [-0.2, 0) is 17.9 Å². The lowest BCUT2D eigenvalue weighted by Gasteiger charge is -2.28. The number of nitrogens with one attached hydrogen (secondary N) is 2. The maximum Gasteiger partial charge on any atom is 0.334 e. The van der Waals surface area contributed by atoms with Crippen molar-refractivity contribution in [3.8, 4) is 5.75 Å². The predicted molar refractivity (Wildman–Crippen MR) is 135 cm³/mol. The van der Waals surface area contributed by atoms with Crippen molar-refractivity contribution in [1.82, 2.24) is 14.6 Å². The molecule has 0 bridgehead atoms. The van der Waals surface area contributed by atoms with Gasteiger partial charge in [-0.3, -0.25) is 14.3 Å². The normalized spacial score (nSPS) is 15.1. The van der Waals surface area contributed by atoms with E-state index >= 15 is 0 Å². The van der Waals surface area contributed by atoms with Crippen LogP contribution in [0.2, 0.25) is 0 Å². The molecule has 35 heavy (non-hydrogen) atoms. The first kappa shape index (κ1) is 31.4. The van der Waals surface area contributed by atoms with Crippen LogP contribution in [0.25, 0.3) is 0 Å². The van der Waals surface area contributed by atoms with Gasteiger partial charge in [0.15, 0.2) is 16.3 Å². The van der Waals surface area contributed by atoms with E-state index in [0.717, 1.165) is 10.6 Å². The second-order valence-corrected chi connectivity index (χ2v) is 8.25. The quantitative estimate of drug-likeness (QED) is 0.221. The highest BCUT2D eigenvalue weighted by atomic mass is 79.9. The van der Waals surface area contributed by atoms with Gasteiger partial charge in [-0.2, -0.15) is 0 Å². The molecule has 0 saturated heterocycles. The van der Waals surface area contributed by atoms with Crippen LogP contribution in [0.3, 0.4) is 0 Å². The number of hydrogen-bond donors (Lipinski definition) is 3. The van der Waals surface area contributed by atoms with Crippen molar-refractivity contribution in [3.05, 3.63) is 63.4 Å². The summed E-state index contributed by atoms with van der Waals surface area (Å²) < 4.78 is 35.9. The molecule has 196 valence electrons. The van der Waals surface area contributed by atoms with E-state index in [4.69, 9.17) is 13.8 Å². The summed E-state index contributed by atoms with van der Waals surface area (Å²) in [6.07, 6.45) is -2.55. The van der Waals surface area contributed by atoms with Gasteiger partial charge in [0.25, 0.3) is 5.56 Å². The minimum absolute atomic E-state index is 0.352.